The van der Waals surface area contributed by atoms with Gasteiger partial charge >= 0.3 is 0 Å². The SMILES string of the molecule is CCc1cnc(CNS(=O)(=O)c2ccc(Br)cc2)o1. The highest BCUT2D eigenvalue weighted by atomic mass is 79.9. The molecule has 7 heteroatoms. The van der Waals surface area contributed by atoms with Crippen molar-refractivity contribution < 1.29 is 12.8 Å². The summed E-state index contributed by atoms with van der Waals surface area (Å²) in [5.74, 6) is 1.09. The largest absolute Gasteiger partial charge is 0.444 e. The fourth-order valence-electron chi connectivity index (χ4n) is 1.45. The van der Waals surface area contributed by atoms with Gasteiger partial charge in [0, 0.05) is 10.9 Å². The van der Waals surface area contributed by atoms with Crippen LogP contribution in [-0.2, 0) is 23.0 Å². The lowest BCUT2D eigenvalue weighted by molar-refractivity contribution is 0.452. The number of nitrogens with one attached hydrogen (secondary N) is 1. The maximum atomic E-state index is 12.0. The van der Waals surface area contributed by atoms with Gasteiger partial charge < -0.3 is 4.42 Å². The molecule has 0 atom stereocenters. The fourth-order valence-corrected chi connectivity index (χ4v) is 2.69. The van der Waals surface area contributed by atoms with E-state index in [4.69, 9.17) is 4.42 Å². The quantitative estimate of drug-likeness (QED) is 0.904. The van der Waals surface area contributed by atoms with E-state index < -0.39 is 10.0 Å². The van der Waals surface area contributed by atoms with E-state index in [1.807, 2.05) is 6.92 Å². The Kier molecular flexibility index (Phi) is 4.38. The van der Waals surface area contributed by atoms with Gasteiger partial charge in [-0.15, -0.1) is 0 Å². The highest BCUT2D eigenvalue weighted by Crippen LogP contribution is 2.15. The van der Waals surface area contributed by atoms with Crippen molar-refractivity contribution in [2.75, 3.05) is 0 Å². The molecule has 19 heavy (non-hydrogen) atoms. The number of hydrogen-bond donors (Lipinski definition) is 1. The van der Waals surface area contributed by atoms with Crippen LogP contribution in [0.5, 0.6) is 0 Å². The minimum atomic E-state index is -3.54. The van der Waals surface area contributed by atoms with Crippen molar-refractivity contribution in [1.82, 2.24) is 9.71 Å². The van der Waals surface area contributed by atoms with Gasteiger partial charge in [0.2, 0.25) is 15.9 Å². The maximum Gasteiger partial charge on any atom is 0.241 e. The molecular formula is C12H13BrN2O3S. The van der Waals surface area contributed by atoms with Gasteiger partial charge in [0.1, 0.15) is 5.76 Å². The second kappa shape index (κ2) is 5.85. The Morgan fingerprint density at radius 1 is 1.32 bits per heavy atom. The number of oxazole rings is 1. The lowest BCUT2D eigenvalue weighted by Crippen LogP contribution is -2.23. The van der Waals surface area contributed by atoms with Crippen molar-refractivity contribution in [2.45, 2.75) is 24.8 Å². The van der Waals surface area contributed by atoms with Crippen LogP contribution in [0.2, 0.25) is 0 Å². The van der Waals surface area contributed by atoms with Crippen LogP contribution < -0.4 is 4.72 Å². The van der Waals surface area contributed by atoms with E-state index in [-0.39, 0.29) is 11.4 Å². The predicted molar refractivity (Wildman–Crippen MR) is 74.0 cm³/mol. The third-order valence-electron chi connectivity index (χ3n) is 2.49. The number of benzene rings is 1. The van der Waals surface area contributed by atoms with E-state index in [1.54, 1.807) is 18.3 Å². The zero-order valence-corrected chi connectivity index (χ0v) is 12.7. The summed E-state index contributed by atoms with van der Waals surface area (Å²) in [4.78, 5) is 4.20. The Hall–Kier alpha value is -1.18. The smallest absolute Gasteiger partial charge is 0.241 e. The van der Waals surface area contributed by atoms with Crippen LogP contribution >= 0.6 is 15.9 Å². The molecule has 5 nitrogen and oxygen atoms in total. The average molecular weight is 345 g/mol. The highest BCUT2D eigenvalue weighted by Gasteiger charge is 2.14. The minimum absolute atomic E-state index is 0.0401. The second-order valence-corrected chi connectivity index (χ2v) is 6.53. The number of nitrogens with zero attached hydrogens (tertiary/aromatic N) is 1. The van der Waals surface area contributed by atoms with E-state index in [2.05, 4.69) is 25.6 Å². The van der Waals surface area contributed by atoms with Crippen LogP contribution in [0, 0.1) is 0 Å². The number of hydrogen-bond acceptors (Lipinski definition) is 4. The standard InChI is InChI=1S/C12H13BrN2O3S/c1-2-10-7-14-12(18-10)8-15-19(16,17)11-5-3-9(13)4-6-11/h3-7,15H,2,8H2,1H3. The van der Waals surface area contributed by atoms with Crippen LogP contribution in [-0.4, -0.2) is 13.4 Å². The first kappa shape index (κ1) is 14.2. The van der Waals surface area contributed by atoms with Gasteiger partial charge in [0.25, 0.3) is 0 Å². The minimum Gasteiger partial charge on any atom is -0.444 e. The van der Waals surface area contributed by atoms with Gasteiger partial charge in [-0.2, -0.15) is 0 Å². The number of rotatable bonds is 5. The van der Waals surface area contributed by atoms with Gasteiger partial charge in [0.05, 0.1) is 17.6 Å². The molecule has 0 amide bonds. The summed E-state index contributed by atoms with van der Waals surface area (Å²) in [7, 11) is -3.54. The molecular weight excluding hydrogens is 332 g/mol. The molecule has 1 aromatic heterocycles. The Morgan fingerprint density at radius 2 is 2.00 bits per heavy atom. The van der Waals surface area contributed by atoms with Gasteiger partial charge in [-0.1, -0.05) is 22.9 Å². The van der Waals surface area contributed by atoms with Crippen LogP contribution in [0.1, 0.15) is 18.6 Å². The van der Waals surface area contributed by atoms with E-state index in [9.17, 15) is 8.42 Å². The van der Waals surface area contributed by atoms with Crippen LogP contribution in [0.15, 0.2) is 44.2 Å². The first-order valence-corrected chi connectivity index (χ1v) is 7.97. The van der Waals surface area contributed by atoms with Crippen molar-refractivity contribution in [1.29, 1.82) is 0 Å². The molecule has 1 N–H and O–H groups in total. The molecule has 0 spiro atoms. The molecule has 1 heterocycles. The monoisotopic (exact) mass is 344 g/mol. The Morgan fingerprint density at radius 3 is 2.58 bits per heavy atom. The molecule has 0 radical (unpaired) electrons. The predicted octanol–water partition coefficient (Wildman–Crippen LogP) is 2.48. The molecule has 0 saturated carbocycles. The van der Waals surface area contributed by atoms with Gasteiger partial charge in [0.15, 0.2) is 0 Å². The van der Waals surface area contributed by atoms with E-state index in [0.717, 1.165) is 16.7 Å². The number of halogens is 1. The molecule has 2 aromatic rings. The normalized spacial score (nSPS) is 11.7. The lowest BCUT2D eigenvalue weighted by atomic mass is 10.4. The molecule has 0 bridgehead atoms. The average Bonchev–Trinajstić information content (AvgIpc) is 2.85. The zero-order valence-electron chi connectivity index (χ0n) is 10.3. The van der Waals surface area contributed by atoms with Crippen molar-refractivity contribution in [3.8, 4) is 0 Å². The van der Waals surface area contributed by atoms with Crippen molar-refractivity contribution in [3.63, 3.8) is 0 Å². The van der Waals surface area contributed by atoms with E-state index >= 15 is 0 Å². The van der Waals surface area contributed by atoms with Crippen molar-refractivity contribution in [3.05, 3.63) is 46.6 Å². The Labute approximate surface area is 120 Å². The molecule has 0 aliphatic heterocycles. The van der Waals surface area contributed by atoms with Crippen LogP contribution in [0.3, 0.4) is 0 Å². The molecule has 0 aliphatic carbocycles. The number of aromatic nitrogens is 1. The van der Waals surface area contributed by atoms with Crippen LogP contribution in [0.4, 0.5) is 0 Å². The summed E-state index contributed by atoms with van der Waals surface area (Å²) in [5, 5.41) is 0. The lowest BCUT2D eigenvalue weighted by Gasteiger charge is -2.04. The van der Waals surface area contributed by atoms with Gasteiger partial charge in [-0.05, 0) is 24.3 Å². The molecule has 0 unspecified atom stereocenters. The summed E-state index contributed by atoms with van der Waals surface area (Å²) in [5.41, 5.74) is 0. The second-order valence-electron chi connectivity index (χ2n) is 3.85. The molecule has 0 saturated heterocycles. The molecule has 0 fully saturated rings. The summed E-state index contributed by atoms with van der Waals surface area (Å²) in [6, 6.07) is 6.41. The topological polar surface area (TPSA) is 72.2 Å². The molecule has 2 rings (SSSR count). The third-order valence-corrected chi connectivity index (χ3v) is 4.43. The Bertz CT molecular complexity index is 650. The highest BCUT2D eigenvalue weighted by molar-refractivity contribution is 9.10. The van der Waals surface area contributed by atoms with Crippen molar-refractivity contribution in [2.24, 2.45) is 0 Å². The van der Waals surface area contributed by atoms with E-state index in [1.165, 1.54) is 12.1 Å². The zero-order chi connectivity index (χ0) is 13.9. The molecule has 1 aromatic carbocycles. The fraction of sp³-hybridized carbons (Fsp3) is 0.250. The molecule has 102 valence electrons. The van der Waals surface area contributed by atoms with Crippen molar-refractivity contribution >= 4 is 26.0 Å². The Balaban J connectivity index is 2.07. The van der Waals surface area contributed by atoms with Crippen LogP contribution in [0.25, 0.3) is 0 Å². The maximum absolute atomic E-state index is 12.0. The summed E-state index contributed by atoms with van der Waals surface area (Å²) >= 11 is 3.26. The third kappa shape index (κ3) is 3.65. The molecule has 0 aliphatic rings. The first-order chi connectivity index (χ1) is 9.01. The number of sulfonamides is 1. The number of aryl methyl sites for hydroxylation is 1. The van der Waals surface area contributed by atoms with E-state index in [0.29, 0.717) is 5.89 Å². The summed E-state index contributed by atoms with van der Waals surface area (Å²) in [6.45, 7) is 1.98. The van der Waals surface area contributed by atoms with Gasteiger partial charge in [-0.25, -0.2) is 18.1 Å². The first-order valence-electron chi connectivity index (χ1n) is 5.70. The van der Waals surface area contributed by atoms with Gasteiger partial charge in [-0.3, -0.25) is 0 Å². The summed E-state index contributed by atoms with van der Waals surface area (Å²) in [6.07, 6.45) is 2.33. The summed E-state index contributed by atoms with van der Waals surface area (Å²) < 4.78 is 32.6.